The Morgan fingerprint density at radius 1 is 1.30 bits per heavy atom. The van der Waals surface area contributed by atoms with Crippen molar-refractivity contribution in [2.75, 3.05) is 6.54 Å². The van der Waals surface area contributed by atoms with Gasteiger partial charge in [0.2, 0.25) is 0 Å². The molecule has 104 valence electrons. The summed E-state index contributed by atoms with van der Waals surface area (Å²) in [7, 11) is 0. The lowest BCUT2D eigenvalue weighted by atomic mass is 10.1. The summed E-state index contributed by atoms with van der Waals surface area (Å²) in [5.41, 5.74) is 6.71. The molecule has 0 aliphatic heterocycles. The number of rotatable bonds is 5. The quantitative estimate of drug-likeness (QED) is 0.868. The minimum Gasteiger partial charge on any atom is -0.348 e. The monoisotopic (exact) mass is 273 g/mol. The molecule has 1 aromatic heterocycles. The van der Waals surface area contributed by atoms with Crippen LogP contribution in [0.1, 0.15) is 15.9 Å². The van der Waals surface area contributed by atoms with Crippen LogP contribution in [0.4, 0.5) is 4.39 Å². The average Bonchev–Trinajstić information content (AvgIpc) is 2.48. The summed E-state index contributed by atoms with van der Waals surface area (Å²) in [4.78, 5) is 15.6. The summed E-state index contributed by atoms with van der Waals surface area (Å²) in [5, 5.41) is 2.74. The van der Waals surface area contributed by atoms with Crippen LogP contribution in [0.25, 0.3) is 0 Å². The molecule has 1 heterocycles. The Balaban J connectivity index is 2.03. The second-order valence-electron chi connectivity index (χ2n) is 4.45. The second-order valence-corrected chi connectivity index (χ2v) is 4.45. The lowest BCUT2D eigenvalue weighted by Crippen LogP contribution is -2.42. The Morgan fingerprint density at radius 3 is 2.70 bits per heavy atom. The number of hydrogen-bond acceptors (Lipinski definition) is 3. The molecule has 0 fully saturated rings. The third-order valence-corrected chi connectivity index (χ3v) is 2.96. The lowest BCUT2D eigenvalue weighted by Gasteiger charge is -2.17. The molecular formula is C15H16FN3O. The van der Waals surface area contributed by atoms with Gasteiger partial charge in [-0.25, -0.2) is 4.39 Å². The van der Waals surface area contributed by atoms with E-state index in [0.717, 1.165) is 11.8 Å². The molecule has 20 heavy (non-hydrogen) atoms. The summed E-state index contributed by atoms with van der Waals surface area (Å²) < 4.78 is 13.5. The Kier molecular flexibility index (Phi) is 4.79. The van der Waals surface area contributed by atoms with Crippen molar-refractivity contribution in [3.8, 4) is 0 Å². The van der Waals surface area contributed by atoms with Gasteiger partial charge in [0, 0.05) is 18.8 Å². The average molecular weight is 273 g/mol. The van der Waals surface area contributed by atoms with Crippen LogP contribution < -0.4 is 11.1 Å². The normalized spacial score (nSPS) is 11.9. The molecule has 0 saturated carbocycles. The van der Waals surface area contributed by atoms with Gasteiger partial charge in [0.15, 0.2) is 5.82 Å². The number of benzene rings is 1. The second kappa shape index (κ2) is 6.77. The molecule has 0 bridgehead atoms. The van der Waals surface area contributed by atoms with Crippen LogP contribution >= 0.6 is 0 Å². The minimum absolute atomic E-state index is 0.0217. The molecule has 0 spiro atoms. The van der Waals surface area contributed by atoms with Crippen molar-refractivity contribution < 1.29 is 9.18 Å². The Morgan fingerprint density at radius 2 is 2.05 bits per heavy atom. The van der Waals surface area contributed by atoms with Gasteiger partial charge in [-0.2, -0.15) is 0 Å². The van der Waals surface area contributed by atoms with Crippen LogP contribution in [0.2, 0.25) is 0 Å². The summed E-state index contributed by atoms with van der Waals surface area (Å²) >= 11 is 0. The standard InChI is InChI=1S/C15H16FN3O/c16-14-10-18-7-6-13(14)15(20)19-12(9-17)8-11-4-2-1-3-5-11/h1-7,10,12H,8-9,17H2,(H,19,20). The highest BCUT2D eigenvalue weighted by molar-refractivity contribution is 5.94. The van der Waals surface area contributed by atoms with Gasteiger partial charge in [0.25, 0.3) is 5.91 Å². The van der Waals surface area contributed by atoms with Crippen LogP contribution in [0.3, 0.4) is 0 Å². The van der Waals surface area contributed by atoms with E-state index in [2.05, 4.69) is 10.3 Å². The van der Waals surface area contributed by atoms with E-state index in [0.29, 0.717) is 6.42 Å². The van der Waals surface area contributed by atoms with E-state index >= 15 is 0 Å². The minimum atomic E-state index is -0.638. The molecular weight excluding hydrogens is 257 g/mol. The van der Waals surface area contributed by atoms with Crippen molar-refractivity contribution in [2.45, 2.75) is 12.5 Å². The number of nitrogens with two attached hydrogens (primary N) is 1. The molecule has 1 atom stereocenters. The molecule has 2 aromatic rings. The number of hydrogen-bond donors (Lipinski definition) is 2. The number of pyridine rings is 1. The maximum absolute atomic E-state index is 13.5. The van der Waals surface area contributed by atoms with E-state index in [-0.39, 0.29) is 18.2 Å². The van der Waals surface area contributed by atoms with Crippen molar-refractivity contribution in [1.29, 1.82) is 0 Å². The molecule has 1 unspecified atom stereocenters. The lowest BCUT2D eigenvalue weighted by molar-refractivity contribution is 0.0934. The third kappa shape index (κ3) is 3.61. The summed E-state index contributed by atoms with van der Waals surface area (Å²) in [5.74, 6) is -1.11. The maximum Gasteiger partial charge on any atom is 0.254 e. The Labute approximate surface area is 116 Å². The number of carbonyl (C=O) groups excluding carboxylic acids is 1. The van der Waals surface area contributed by atoms with Gasteiger partial charge < -0.3 is 11.1 Å². The molecule has 1 aromatic carbocycles. The van der Waals surface area contributed by atoms with E-state index < -0.39 is 11.7 Å². The van der Waals surface area contributed by atoms with Crippen molar-refractivity contribution in [3.05, 3.63) is 65.7 Å². The van der Waals surface area contributed by atoms with Crippen molar-refractivity contribution in [1.82, 2.24) is 10.3 Å². The summed E-state index contributed by atoms with van der Waals surface area (Å²) in [6, 6.07) is 10.8. The number of nitrogens with one attached hydrogen (secondary N) is 1. The first kappa shape index (κ1) is 14.1. The van der Waals surface area contributed by atoms with Crippen LogP contribution in [0, 0.1) is 5.82 Å². The van der Waals surface area contributed by atoms with Gasteiger partial charge in [0.05, 0.1) is 11.8 Å². The summed E-state index contributed by atoms with van der Waals surface area (Å²) in [6.45, 7) is 0.285. The highest BCUT2D eigenvalue weighted by atomic mass is 19.1. The van der Waals surface area contributed by atoms with Crippen molar-refractivity contribution in [2.24, 2.45) is 5.73 Å². The fourth-order valence-corrected chi connectivity index (χ4v) is 1.91. The zero-order chi connectivity index (χ0) is 14.4. The van der Waals surface area contributed by atoms with Gasteiger partial charge in [-0.05, 0) is 18.1 Å². The molecule has 0 aliphatic carbocycles. The number of nitrogens with zero attached hydrogens (tertiary/aromatic N) is 1. The van der Waals surface area contributed by atoms with Crippen LogP contribution in [0.15, 0.2) is 48.8 Å². The fraction of sp³-hybridized carbons (Fsp3) is 0.200. The number of aromatic nitrogens is 1. The van der Waals surface area contributed by atoms with E-state index in [9.17, 15) is 9.18 Å². The van der Waals surface area contributed by atoms with Crippen molar-refractivity contribution >= 4 is 5.91 Å². The molecule has 1 amide bonds. The Hall–Kier alpha value is -2.27. The predicted octanol–water partition coefficient (Wildman–Crippen LogP) is 1.52. The fourth-order valence-electron chi connectivity index (χ4n) is 1.91. The van der Waals surface area contributed by atoms with Crippen LogP contribution in [-0.4, -0.2) is 23.5 Å². The number of amides is 1. The first-order chi connectivity index (χ1) is 9.70. The van der Waals surface area contributed by atoms with Gasteiger partial charge in [0.1, 0.15) is 0 Å². The molecule has 0 saturated heterocycles. The smallest absolute Gasteiger partial charge is 0.254 e. The van der Waals surface area contributed by atoms with Crippen molar-refractivity contribution in [3.63, 3.8) is 0 Å². The van der Waals surface area contributed by atoms with E-state index in [1.54, 1.807) is 0 Å². The number of halogens is 1. The molecule has 4 nitrogen and oxygen atoms in total. The largest absolute Gasteiger partial charge is 0.348 e. The highest BCUT2D eigenvalue weighted by Gasteiger charge is 2.16. The topological polar surface area (TPSA) is 68.0 Å². The van der Waals surface area contributed by atoms with E-state index in [4.69, 9.17) is 5.73 Å². The summed E-state index contributed by atoms with van der Waals surface area (Å²) in [6.07, 6.45) is 3.01. The van der Waals surface area contributed by atoms with Crippen LogP contribution in [-0.2, 0) is 6.42 Å². The Bertz CT molecular complexity index is 574. The van der Waals surface area contributed by atoms with E-state index in [1.807, 2.05) is 30.3 Å². The molecule has 3 N–H and O–H groups in total. The zero-order valence-electron chi connectivity index (χ0n) is 10.9. The molecule has 2 rings (SSSR count). The highest BCUT2D eigenvalue weighted by Crippen LogP contribution is 2.06. The molecule has 0 aliphatic rings. The predicted molar refractivity (Wildman–Crippen MR) is 74.6 cm³/mol. The molecule has 0 radical (unpaired) electrons. The maximum atomic E-state index is 13.5. The van der Waals surface area contributed by atoms with Gasteiger partial charge in [-0.15, -0.1) is 0 Å². The zero-order valence-corrected chi connectivity index (χ0v) is 10.9. The van der Waals surface area contributed by atoms with Crippen LogP contribution in [0.5, 0.6) is 0 Å². The number of carbonyl (C=O) groups is 1. The first-order valence-corrected chi connectivity index (χ1v) is 6.35. The van der Waals surface area contributed by atoms with Gasteiger partial charge in [-0.3, -0.25) is 9.78 Å². The van der Waals surface area contributed by atoms with Gasteiger partial charge >= 0.3 is 0 Å². The van der Waals surface area contributed by atoms with E-state index in [1.165, 1.54) is 12.3 Å². The molecule has 5 heteroatoms. The first-order valence-electron chi connectivity index (χ1n) is 6.35. The van der Waals surface area contributed by atoms with Gasteiger partial charge in [-0.1, -0.05) is 30.3 Å². The SMILES string of the molecule is NCC(Cc1ccccc1)NC(=O)c1ccncc1F. The third-order valence-electron chi connectivity index (χ3n) is 2.96.